The van der Waals surface area contributed by atoms with Crippen LogP contribution in [-0.2, 0) is 0 Å². The molecular weight excluding hydrogens is 430 g/mol. The molecular formula is C23H28ClN5OS. The van der Waals surface area contributed by atoms with Crippen molar-refractivity contribution in [3.8, 4) is 0 Å². The number of pyridine rings is 1. The summed E-state index contributed by atoms with van der Waals surface area (Å²) >= 11 is 1.57. The van der Waals surface area contributed by atoms with Crippen molar-refractivity contribution in [2.24, 2.45) is 0 Å². The molecule has 8 heteroatoms. The van der Waals surface area contributed by atoms with E-state index in [4.69, 9.17) is 4.98 Å². The summed E-state index contributed by atoms with van der Waals surface area (Å²) < 4.78 is 2.98. The minimum absolute atomic E-state index is 0. The standard InChI is InChI=1S/C23H27N5OS.ClH/c1-15-10-11-18-20(16(15)2)25-23(30-18)28(14-8-12-26(4)5)22(29)21-17(3)24-19-9-6-7-13-27(19)21;/h6-7,9-11,13H,8,12,14H2,1-5H3;1H. The lowest BCUT2D eigenvalue weighted by Gasteiger charge is -2.21. The van der Waals surface area contributed by atoms with E-state index < -0.39 is 0 Å². The monoisotopic (exact) mass is 457 g/mol. The first-order valence-electron chi connectivity index (χ1n) is 10.1. The van der Waals surface area contributed by atoms with Gasteiger partial charge in [-0.15, -0.1) is 12.4 Å². The lowest BCUT2D eigenvalue weighted by molar-refractivity contribution is 0.0979. The molecule has 4 aromatic rings. The maximum Gasteiger partial charge on any atom is 0.278 e. The van der Waals surface area contributed by atoms with E-state index in [9.17, 15) is 4.79 Å². The normalized spacial score (nSPS) is 11.3. The van der Waals surface area contributed by atoms with Crippen molar-refractivity contribution in [2.75, 3.05) is 32.1 Å². The summed E-state index contributed by atoms with van der Waals surface area (Å²) in [5.41, 5.74) is 5.47. The minimum Gasteiger partial charge on any atom is -0.309 e. The van der Waals surface area contributed by atoms with Gasteiger partial charge in [0.2, 0.25) is 0 Å². The topological polar surface area (TPSA) is 53.7 Å². The molecule has 0 fully saturated rings. The van der Waals surface area contributed by atoms with E-state index >= 15 is 0 Å². The lowest BCUT2D eigenvalue weighted by atomic mass is 10.1. The zero-order valence-corrected chi connectivity index (χ0v) is 20.2. The SMILES string of the molecule is Cc1ccc2sc(N(CCCN(C)C)C(=O)c3c(C)nc4ccccn34)nc2c1C.Cl. The highest BCUT2D eigenvalue weighted by Gasteiger charge is 2.26. The number of imidazole rings is 1. The van der Waals surface area contributed by atoms with Gasteiger partial charge in [-0.1, -0.05) is 23.5 Å². The number of halogens is 1. The first-order chi connectivity index (χ1) is 14.4. The van der Waals surface area contributed by atoms with Gasteiger partial charge in [0, 0.05) is 12.7 Å². The number of rotatable bonds is 6. The van der Waals surface area contributed by atoms with E-state index in [1.807, 2.05) is 54.7 Å². The van der Waals surface area contributed by atoms with Crippen molar-refractivity contribution in [3.63, 3.8) is 0 Å². The molecule has 3 heterocycles. The van der Waals surface area contributed by atoms with Gasteiger partial charge in [0.1, 0.15) is 11.3 Å². The van der Waals surface area contributed by atoms with E-state index in [0.717, 1.165) is 39.7 Å². The largest absolute Gasteiger partial charge is 0.309 e. The predicted molar refractivity (Wildman–Crippen MR) is 131 cm³/mol. The minimum atomic E-state index is -0.0570. The number of nitrogens with zero attached hydrogens (tertiary/aromatic N) is 5. The Morgan fingerprint density at radius 1 is 1.06 bits per heavy atom. The Hall–Kier alpha value is -2.48. The first kappa shape index (κ1) is 23.2. The Kier molecular flexibility index (Phi) is 6.99. The Bertz CT molecular complexity index is 1230. The van der Waals surface area contributed by atoms with Gasteiger partial charge in [0.25, 0.3) is 5.91 Å². The molecule has 0 aliphatic carbocycles. The number of anilines is 1. The first-order valence-corrected chi connectivity index (χ1v) is 11.0. The van der Waals surface area contributed by atoms with Gasteiger partial charge in [-0.25, -0.2) is 9.97 Å². The fourth-order valence-corrected chi connectivity index (χ4v) is 4.71. The van der Waals surface area contributed by atoms with Crippen LogP contribution >= 0.6 is 23.7 Å². The molecule has 3 aromatic heterocycles. The number of carbonyl (C=O) groups is 1. The molecule has 0 N–H and O–H groups in total. The Morgan fingerprint density at radius 2 is 1.84 bits per heavy atom. The molecule has 1 aromatic carbocycles. The van der Waals surface area contributed by atoms with Crippen LogP contribution in [0.3, 0.4) is 0 Å². The summed E-state index contributed by atoms with van der Waals surface area (Å²) in [4.78, 5) is 27.2. The van der Waals surface area contributed by atoms with Crippen molar-refractivity contribution < 1.29 is 4.79 Å². The highest BCUT2D eigenvalue weighted by Crippen LogP contribution is 2.33. The summed E-state index contributed by atoms with van der Waals surface area (Å²) in [5.74, 6) is -0.0570. The predicted octanol–water partition coefficient (Wildman–Crippen LogP) is 4.89. The molecule has 0 saturated heterocycles. The van der Waals surface area contributed by atoms with Crippen LogP contribution in [0.15, 0.2) is 36.5 Å². The third-order valence-corrected chi connectivity index (χ3v) is 6.49. The van der Waals surface area contributed by atoms with Crippen LogP contribution in [0.2, 0.25) is 0 Å². The van der Waals surface area contributed by atoms with Crippen LogP contribution in [0.1, 0.15) is 33.7 Å². The highest BCUT2D eigenvalue weighted by atomic mass is 35.5. The van der Waals surface area contributed by atoms with Crippen molar-refractivity contribution in [1.82, 2.24) is 19.3 Å². The summed E-state index contributed by atoms with van der Waals surface area (Å²) in [5, 5.41) is 0.743. The third-order valence-electron chi connectivity index (χ3n) is 5.44. The van der Waals surface area contributed by atoms with Crippen molar-refractivity contribution in [3.05, 3.63) is 59.0 Å². The number of aryl methyl sites for hydroxylation is 3. The average Bonchev–Trinajstić information content (AvgIpc) is 3.28. The van der Waals surface area contributed by atoms with Crippen molar-refractivity contribution >= 4 is 50.6 Å². The fourth-order valence-electron chi connectivity index (χ4n) is 3.66. The Labute approximate surface area is 192 Å². The summed E-state index contributed by atoms with van der Waals surface area (Å²) in [7, 11) is 4.09. The van der Waals surface area contributed by atoms with Crippen LogP contribution in [0, 0.1) is 20.8 Å². The Morgan fingerprint density at radius 3 is 2.58 bits per heavy atom. The van der Waals surface area contributed by atoms with Gasteiger partial charge >= 0.3 is 0 Å². The molecule has 164 valence electrons. The summed E-state index contributed by atoms with van der Waals surface area (Å²) in [6.45, 7) is 7.58. The molecule has 0 bridgehead atoms. The fraction of sp³-hybridized carbons (Fsp3) is 0.348. The summed E-state index contributed by atoms with van der Waals surface area (Å²) in [6.07, 6.45) is 2.76. The molecule has 1 amide bonds. The quantitative estimate of drug-likeness (QED) is 0.413. The second-order valence-corrected chi connectivity index (χ2v) is 8.95. The van der Waals surface area contributed by atoms with Gasteiger partial charge in [-0.05, 0) is 77.2 Å². The number of benzene rings is 1. The smallest absolute Gasteiger partial charge is 0.278 e. The molecule has 0 aliphatic rings. The van der Waals surface area contributed by atoms with Crippen LogP contribution in [0.25, 0.3) is 15.9 Å². The van der Waals surface area contributed by atoms with Crippen LogP contribution < -0.4 is 4.90 Å². The van der Waals surface area contributed by atoms with Gasteiger partial charge in [0.05, 0.1) is 15.9 Å². The molecule has 0 aliphatic heterocycles. The van der Waals surface area contributed by atoms with Crippen LogP contribution in [-0.4, -0.2) is 52.4 Å². The zero-order chi connectivity index (χ0) is 21.4. The second kappa shape index (κ2) is 9.34. The molecule has 4 rings (SSSR count). The van der Waals surface area contributed by atoms with E-state index in [1.165, 1.54) is 11.1 Å². The van der Waals surface area contributed by atoms with E-state index in [2.05, 4.69) is 35.9 Å². The van der Waals surface area contributed by atoms with E-state index in [0.29, 0.717) is 12.2 Å². The van der Waals surface area contributed by atoms with Gasteiger partial charge in [-0.2, -0.15) is 0 Å². The zero-order valence-electron chi connectivity index (χ0n) is 18.5. The number of hydrogen-bond donors (Lipinski definition) is 0. The number of amides is 1. The molecule has 6 nitrogen and oxygen atoms in total. The summed E-state index contributed by atoms with van der Waals surface area (Å²) in [6, 6.07) is 9.99. The number of thiazole rings is 1. The molecule has 0 saturated carbocycles. The number of aromatic nitrogens is 3. The second-order valence-electron chi connectivity index (χ2n) is 7.94. The van der Waals surface area contributed by atoms with Gasteiger partial charge in [-0.3, -0.25) is 14.1 Å². The van der Waals surface area contributed by atoms with Gasteiger partial charge < -0.3 is 4.90 Å². The molecule has 0 atom stereocenters. The highest BCUT2D eigenvalue weighted by molar-refractivity contribution is 7.22. The van der Waals surface area contributed by atoms with E-state index in [-0.39, 0.29) is 18.3 Å². The van der Waals surface area contributed by atoms with Gasteiger partial charge in [0.15, 0.2) is 5.13 Å². The molecule has 0 spiro atoms. The van der Waals surface area contributed by atoms with E-state index in [1.54, 1.807) is 11.3 Å². The molecule has 0 radical (unpaired) electrons. The Balaban J connectivity index is 0.00000272. The average molecular weight is 458 g/mol. The molecule has 0 unspecified atom stereocenters. The third kappa shape index (κ3) is 4.44. The van der Waals surface area contributed by atoms with Crippen molar-refractivity contribution in [1.29, 1.82) is 0 Å². The van der Waals surface area contributed by atoms with Crippen LogP contribution in [0.4, 0.5) is 5.13 Å². The van der Waals surface area contributed by atoms with Crippen LogP contribution in [0.5, 0.6) is 0 Å². The molecule has 31 heavy (non-hydrogen) atoms. The number of hydrogen-bond acceptors (Lipinski definition) is 5. The number of fused-ring (bicyclic) bond motifs is 2. The maximum absolute atomic E-state index is 13.8. The lowest BCUT2D eigenvalue weighted by Crippen LogP contribution is -2.34. The maximum atomic E-state index is 13.8. The van der Waals surface area contributed by atoms with Crippen molar-refractivity contribution in [2.45, 2.75) is 27.2 Å². The number of carbonyl (C=O) groups excluding carboxylic acids is 1.